The van der Waals surface area contributed by atoms with Crippen molar-refractivity contribution in [2.45, 2.75) is 20.3 Å². The number of fused-ring (bicyclic) bond motifs is 1. The van der Waals surface area contributed by atoms with Gasteiger partial charge in [0.25, 0.3) is 0 Å². The minimum atomic E-state index is -0.549. The van der Waals surface area contributed by atoms with Gasteiger partial charge in [-0.05, 0) is 31.5 Å². The maximum absolute atomic E-state index is 11.1. The van der Waals surface area contributed by atoms with E-state index in [9.17, 15) is 4.79 Å². The minimum absolute atomic E-state index is 0.260. The second kappa shape index (κ2) is 6.08. The van der Waals surface area contributed by atoms with Gasteiger partial charge in [0.15, 0.2) is 11.5 Å². The third kappa shape index (κ3) is 3.61. The molecule has 1 N–H and O–H groups in total. The zero-order valence-corrected chi connectivity index (χ0v) is 10.9. The molecule has 0 bridgehead atoms. The van der Waals surface area contributed by atoms with Crippen LogP contribution in [-0.2, 0) is 11.2 Å². The van der Waals surface area contributed by atoms with Gasteiger partial charge < -0.3 is 14.2 Å². The number of hydrogen-bond acceptors (Lipinski definition) is 5. The van der Waals surface area contributed by atoms with Crippen molar-refractivity contribution >= 4 is 11.8 Å². The Morgan fingerprint density at radius 2 is 2.21 bits per heavy atom. The number of benzene rings is 1. The van der Waals surface area contributed by atoms with E-state index in [0.717, 1.165) is 22.8 Å². The number of hydrazone groups is 1. The maximum atomic E-state index is 11.1. The molecule has 0 aliphatic carbocycles. The fourth-order valence-corrected chi connectivity index (χ4v) is 1.69. The first kappa shape index (κ1) is 13.2. The third-order valence-electron chi connectivity index (χ3n) is 2.51. The molecule has 19 heavy (non-hydrogen) atoms. The third-order valence-corrected chi connectivity index (χ3v) is 2.51. The summed E-state index contributed by atoms with van der Waals surface area (Å²) in [4.78, 5) is 11.1. The van der Waals surface area contributed by atoms with E-state index in [1.807, 2.05) is 25.1 Å². The highest BCUT2D eigenvalue weighted by molar-refractivity contribution is 5.85. The standard InChI is InChI=1S/C13H16N2O4/c1-3-17-13(16)15-14-9(2)6-10-4-5-11-12(7-10)19-8-18-11/h4-5,7H,3,6,8H2,1-2H3,(H,15,16)/b14-9+. The van der Waals surface area contributed by atoms with Gasteiger partial charge in [0.05, 0.1) is 6.61 Å². The van der Waals surface area contributed by atoms with Crippen LogP contribution in [0.3, 0.4) is 0 Å². The lowest BCUT2D eigenvalue weighted by Gasteiger charge is -2.04. The van der Waals surface area contributed by atoms with Gasteiger partial charge in [-0.25, -0.2) is 10.2 Å². The van der Waals surface area contributed by atoms with Crippen LogP contribution in [0, 0.1) is 0 Å². The summed E-state index contributed by atoms with van der Waals surface area (Å²) in [6.07, 6.45) is 0.0656. The molecular formula is C13H16N2O4. The Morgan fingerprint density at radius 3 is 3.00 bits per heavy atom. The molecule has 0 atom stereocenters. The van der Waals surface area contributed by atoms with Crippen LogP contribution in [0.5, 0.6) is 11.5 Å². The number of carbonyl (C=O) groups excluding carboxylic acids is 1. The van der Waals surface area contributed by atoms with Crippen molar-refractivity contribution in [3.8, 4) is 11.5 Å². The molecule has 6 nitrogen and oxygen atoms in total. The van der Waals surface area contributed by atoms with E-state index in [-0.39, 0.29) is 6.79 Å². The molecule has 102 valence electrons. The van der Waals surface area contributed by atoms with Crippen molar-refractivity contribution in [3.63, 3.8) is 0 Å². The molecule has 0 saturated carbocycles. The van der Waals surface area contributed by atoms with Crippen LogP contribution in [0.4, 0.5) is 4.79 Å². The van der Waals surface area contributed by atoms with Crippen LogP contribution < -0.4 is 14.9 Å². The van der Waals surface area contributed by atoms with E-state index in [0.29, 0.717) is 13.0 Å². The molecule has 0 unspecified atom stereocenters. The number of ether oxygens (including phenoxy) is 3. The van der Waals surface area contributed by atoms with Crippen LogP contribution in [-0.4, -0.2) is 25.2 Å². The highest BCUT2D eigenvalue weighted by Gasteiger charge is 2.13. The summed E-state index contributed by atoms with van der Waals surface area (Å²) in [5.41, 5.74) is 4.14. The second-order valence-electron chi connectivity index (χ2n) is 4.04. The van der Waals surface area contributed by atoms with Crippen LogP contribution in [0.25, 0.3) is 0 Å². The first-order valence-electron chi connectivity index (χ1n) is 6.03. The second-order valence-corrected chi connectivity index (χ2v) is 4.04. The predicted molar refractivity (Wildman–Crippen MR) is 69.5 cm³/mol. The van der Waals surface area contributed by atoms with Crippen molar-refractivity contribution in [1.29, 1.82) is 0 Å². The molecule has 0 spiro atoms. The molecule has 1 heterocycles. The van der Waals surface area contributed by atoms with Crippen LogP contribution >= 0.6 is 0 Å². The zero-order chi connectivity index (χ0) is 13.7. The van der Waals surface area contributed by atoms with Gasteiger partial charge in [-0.1, -0.05) is 6.07 Å². The summed E-state index contributed by atoms with van der Waals surface area (Å²) < 4.78 is 15.2. The molecule has 1 amide bonds. The summed E-state index contributed by atoms with van der Waals surface area (Å²) in [5.74, 6) is 1.49. The highest BCUT2D eigenvalue weighted by atomic mass is 16.7. The van der Waals surface area contributed by atoms with Gasteiger partial charge in [0, 0.05) is 12.1 Å². The molecule has 1 aliphatic rings. The fourth-order valence-electron chi connectivity index (χ4n) is 1.69. The molecule has 0 saturated heterocycles. The predicted octanol–water partition coefficient (Wildman–Crippen LogP) is 2.08. The lowest BCUT2D eigenvalue weighted by atomic mass is 10.1. The zero-order valence-electron chi connectivity index (χ0n) is 10.9. The molecule has 0 aromatic heterocycles. The van der Waals surface area contributed by atoms with E-state index >= 15 is 0 Å². The van der Waals surface area contributed by atoms with Gasteiger partial charge in [-0.3, -0.25) is 0 Å². The van der Waals surface area contributed by atoms with Crippen LogP contribution in [0.15, 0.2) is 23.3 Å². The number of rotatable bonds is 4. The Bertz CT molecular complexity index is 499. The van der Waals surface area contributed by atoms with Crippen molar-refractivity contribution in [2.24, 2.45) is 5.10 Å². The van der Waals surface area contributed by atoms with Gasteiger partial charge in [-0.15, -0.1) is 0 Å². The number of amides is 1. The molecule has 0 fully saturated rings. The van der Waals surface area contributed by atoms with Crippen molar-refractivity contribution < 1.29 is 19.0 Å². The van der Waals surface area contributed by atoms with Crippen LogP contribution in [0.2, 0.25) is 0 Å². The van der Waals surface area contributed by atoms with Gasteiger partial charge in [0.1, 0.15) is 0 Å². The Hall–Kier alpha value is -2.24. The van der Waals surface area contributed by atoms with E-state index < -0.39 is 6.09 Å². The van der Waals surface area contributed by atoms with Crippen LogP contribution in [0.1, 0.15) is 19.4 Å². The van der Waals surface area contributed by atoms with Crippen molar-refractivity contribution in [2.75, 3.05) is 13.4 Å². The smallest absolute Gasteiger partial charge is 0.427 e. The van der Waals surface area contributed by atoms with Gasteiger partial charge in [0.2, 0.25) is 6.79 Å². The normalized spacial score (nSPS) is 13.3. The van der Waals surface area contributed by atoms with E-state index in [4.69, 9.17) is 14.2 Å². The van der Waals surface area contributed by atoms with Crippen molar-refractivity contribution in [3.05, 3.63) is 23.8 Å². The lowest BCUT2D eigenvalue weighted by molar-refractivity contribution is 0.152. The molecule has 0 radical (unpaired) electrons. The van der Waals surface area contributed by atoms with Gasteiger partial charge in [-0.2, -0.15) is 5.10 Å². The molecule has 2 rings (SSSR count). The Balaban J connectivity index is 1.93. The average Bonchev–Trinajstić information content (AvgIpc) is 2.84. The van der Waals surface area contributed by atoms with E-state index in [2.05, 4.69) is 10.5 Å². The number of nitrogens with zero attached hydrogens (tertiary/aromatic N) is 1. The summed E-state index contributed by atoms with van der Waals surface area (Å²) in [6.45, 7) is 4.15. The van der Waals surface area contributed by atoms with E-state index in [1.165, 1.54) is 0 Å². The summed E-state index contributed by atoms with van der Waals surface area (Å²) in [6, 6.07) is 5.71. The Labute approximate surface area is 111 Å². The number of hydrogen-bond donors (Lipinski definition) is 1. The lowest BCUT2D eigenvalue weighted by Crippen LogP contribution is -2.20. The number of carbonyl (C=O) groups is 1. The quantitative estimate of drug-likeness (QED) is 0.667. The highest BCUT2D eigenvalue weighted by Crippen LogP contribution is 2.32. The SMILES string of the molecule is CCOC(=O)N/N=C(\C)Cc1ccc2c(c1)OCO2. The van der Waals surface area contributed by atoms with Crippen molar-refractivity contribution in [1.82, 2.24) is 5.43 Å². The van der Waals surface area contributed by atoms with Gasteiger partial charge >= 0.3 is 6.09 Å². The van der Waals surface area contributed by atoms with E-state index in [1.54, 1.807) is 6.92 Å². The molecular weight excluding hydrogens is 248 g/mol. The first-order chi connectivity index (χ1) is 9.19. The Kier molecular flexibility index (Phi) is 4.22. The summed E-state index contributed by atoms with van der Waals surface area (Å²) >= 11 is 0. The molecule has 1 aliphatic heterocycles. The molecule has 1 aromatic carbocycles. The largest absolute Gasteiger partial charge is 0.454 e. The molecule has 6 heteroatoms. The Morgan fingerprint density at radius 1 is 1.42 bits per heavy atom. The molecule has 1 aromatic rings. The number of nitrogens with one attached hydrogen (secondary N) is 1. The topological polar surface area (TPSA) is 69.2 Å². The monoisotopic (exact) mass is 264 g/mol. The summed E-state index contributed by atoms with van der Waals surface area (Å²) in [5, 5.41) is 3.95. The summed E-state index contributed by atoms with van der Waals surface area (Å²) in [7, 11) is 0. The fraction of sp³-hybridized carbons (Fsp3) is 0.385. The minimum Gasteiger partial charge on any atom is -0.454 e. The first-order valence-corrected chi connectivity index (χ1v) is 6.03. The average molecular weight is 264 g/mol. The maximum Gasteiger partial charge on any atom is 0.427 e.